The van der Waals surface area contributed by atoms with Gasteiger partial charge in [0.25, 0.3) is 0 Å². The average Bonchev–Trinajstić information content (AvgIpc) is 3.00. The summed E-state index contributed by atoms with van der Waals surface area (Å²) in [5.74, 6) is 0.306. The van der Waals surface area contributed by atoms with Gasteiger partial charge in [-0.2, -0.15) is 0 Å². The molecule has 0 unspecified atom stereocenters. The molecule has 3 heterocycles. The first kappa shape index (κ1) is 20.7. The van der Waals surface area contributed by atoms with Gasteiger partial charge in [0, 0.05) is 31.1 Å². The van der Waals surface area contributed by atoms with Crippen LogP contribution in [0.4, 0.5) is 4.39 Å². The van der Waals surface area contributed by atoms with E-state index in [9.17, 15) is 4.39 Å². The topological polar surface area (TPSA) is 66.0 Å². The number of alkyl halides is 1. The Balaban J connectivity index is 2.17. The number of fused-ring (bicyclic) bond motifs is 1. The molecule has 3 aromatic heterocycles. The summed E-state index contributed by atoms with van der Waals surface area (Å²) in [4.78, 5) is 9.50. The Labute approximate surface area is 169 Å². The fraction of sp³-hybridized carbons (Fsp3) is 0.429. The van der Waals surface area contributed by atoms with E-state index < -0.39 is 12.7 Å². The Morgan fingerprint density at radius 3 is 2.64 bits per heavy atom. The molecule has 0 spiro atoms. The first-order valence-corrected chi connectivity index (χ1v) is 9.71. The molecule has 0 fully saturated rings. The summed E-state index contributed by atoms with van der Waals surface area (Å²) >= 11 is 6.61. The maximum atomic E-state index is 13.5. The fourth-order valence-electron chi connectivity index (χ4n) is 3.40. The van der Waals surface area contributed by atoms with Crippen LogP contribution in [0.2, 0.25) is 5.02 Å². The van der Waals surface area contributed by atoms with Gasteiger partial charge < -0.3 is 15.0 Å². The molecule has 7 heteroatoms. The number of hydrogen-bond acceptors (Lipinski definition) is 4. The van der Waals surface area contributed by atoms with Gasteiger partial charge >= 0.3 is 0 Å². The van der Waals surface area contributed by atoms with Crippen LogP contribution in [0.3, 0.4) is 0 Å². The van der Waals surface area contributed by atoms with Crippen molar-refractivity contribution in [3.05, 3.63) is 46.4 Å². The van der Waals surface area contributed by atoms with Gasteiger partial charge in [-0.3, -0.25) is 4.98 Å². The summed E-state index contributed by atoms with van der Waals surface area (Å²) in [7, 11) is 1.56. The molecular formula is C21H26ClFN4O. The second kappa shape index (κ2) is 8.55. The van der Waals surface area contributed by atoms with Crippen molar-refractivity contribution in [2.24, 2.45) is 5.73 Å². The van der Waals surface area contributed by atoms with Crippen molar-refractivity contribution in [2.75, 3.05) is 20.4 Å². The minimum Gasteiger partial charge on any atom is -0.382 e. The zero-order valence-corrected chi connectivity index (χ0v) is 17.4. The summed E-state index contributed by atoms with van der Waals surface area (Å²) < 4.78 is 20.5. The van der Waals surface area contributed by atoms with Crippen LogP contribution in [0.15, 0.2) is 24.4 Å². The number of rotatable bonds is 7. The minimum atomic E-state index is -0.533. The predicted molar refractivity (Wildman–Crippen MR) is 112 cm³/mol. The first-order valence-electron chi connectivity index (χ1n) is 9.34. The van der Waals surface area contributed by atoms with Crippen LogP contribution in [0, 0.1) is 6.92 Å². The predicted octanol–water partition coefficient (Wildman–Crippen LogP) is 4.80. The number of pyridine rings is 2. The van der Waals surface area contributed by atoms with Gasteiger partial charge in [0.2, 0.25) is 0 Å². The summed E-state index contributed by atoms with van der Waals surface area (Å²) in [6, 6.07) is 5.38. The molecule has 0 radical (unpaired) electrons. The van der Waals surface area contributed by atoms with Crippen LogP contribution in [0.5, 0.6) is 0 Å². The number of nitrogens with two attached hydrogens (primary N) is 1. The molecule has 150 valence electrons. The van der Waals surface area contributed by atoms with Crippen molar-refractivity contribution in [1.82, 2.24) is 14.5 Å². The van der Waals surface area contributed by atoms with Crippen molar-refractivity contribution in [1.29, 1.82) is 0 Å². The molecule has 2 N–H and O–H groups in total. The smallest absolute Gasteiger partial charge is 0.112 e. The third kappa shape index (κ3) is 3.77. The molecule has 0 aliphatic carbocycles. The highest BCUT2D eigenvalue weighted by Gasteiger charge is 2.20. The third-order valence-electron chi connectivity index (χ3n) is 4.91. The number of hydrogen-bond donors (Lipinski definition) is 1. The summed E-state index contributed by atoms with van der Waals surface area (Å²) in [6.07, 6.45) is 1.89. The van der Waals surface area contributed by atoms with Gasteiger partial charge in [-0.25, -0.2) is 9.37 Å². The van der Waals surface area contributed by atoms with E-state index in [4.69, 9.17) is 27.1 Å². The molecular weight excluding hydrogens is 379 g/mol. The van der Waals surface area contributed by atoms with Crippen LogP contribution >= 0.6 is 11.6 Å². The molecule has 3 aromatic rings. The highest BCUT2D eigenvalue weighted by Crippen LogP contribution is 2.34. The number of aryl methyl sites for hydroxylation is 1. The Morgan fingerprint density at radius 1 is 1.29 bits per heavy atom. The number of aromatic nitrogens is 3. The molecule has 5 nitrogen and oxygen atoms in total. The van der Waals surface area contributed by atoms with E-state index in [-0.39, 0.29) is 6.61 Å². The lowest BCUT2D eigenvalue weighted by molar-refractivity contribution is 0.142. The van der Waals surface area contributed by atoms with Gasteiger partial charge in [-0.05, 0) is 36.6 Å². The van der Waals surface area contributed by atoms with Crippen molar-refractivity contribution < 1.29 is 9.13 Å². The number of nitrogens with zero attached hydrogens (tertiary/aromatic N) is 3. The third-order valence-corrected chi connectivity index (χ3v) is 5.19. The van der Waals surface area contributed by atoms with Crippen molar-refractivity contribution >= 4 is 22.6 Å². The van der Waals surface area contributed by atoms with Gasteiger partial charge in [-0.1, -0.05) is 25.4 Å². The van der Waals surface area contributed by atoms with Crippen LogP contribution in [-0.2, 0) is 11.3 Å². The maximum absolute atomic E-state index is 13.5. The van der Waals surface area contributed by atoms with Gasteiger partial charge in [-0.15, -0.1) is 0 Å². The lowest BCUT2D eigenvalue weighted by Gasteiger charge is -2.16. The largest absolute Gasteiger partial charge is 0.382 e. The van der Waals surface area contributed by atoms with E-state index in [0.717, 1.165) is 33.5 Å². The van der Waals surface area contributed by atoms with E-state index in [2.05, 4.69) is 18.8 Å². The maximum Gasteiger partial charge on any atom is 0.112 e. The molecule has 28 heavy (non-hydrogen) atoms. The second-order valence-corrected chi connectivity index (χ2v) is 7.67. The van der Waals surface area contributed by atoms with Crippen LogP contribution < -0.4 is 5.73 Å². The van der Waals surface area contributed by atoms with Crippen LogP contribution in [0.25, 0.3) is 22.3 Å². The summed E-state index contributed by atoms with van der Waals surface area (Å²) in [5, 5.41) is 0.482. The highest BCUT2D eigenvalue weighted by atomic mass is 35.5. The minimum absolute atomic E-state index is 0.275. The monoisotopic (exact) mass is 404 g/mol. The number of methoxy groups -OCH3 is 1. The average molecular weight is 405 g/mol. The SMILES string of the molecule is COC[C@H](CF)n1cc(C)c2nc(-c3ccc(C(C)C)nc3CN)c(Cl)cc21. The van der Waals surface area contributed by atoms with Crippen molar-refractivity contribution in [3.8, 4) is 11.3 Å². The second-order valence-electron chi connectivity index (χ2n) is 7.26. The Morgan fingerprint density at radius 2 is 2.04 bits per heavy atom. The number of halogens is 2. The van der Waals surface area contributed by atoms with Gasteiger partial charge in [0.1, 0.15) is 6.67 Å². The van der Waals surface area contributed by atoms with Gasteiger partial charge in [0.15, 0.2) is 0 Å². The lowest BCUT2D eigenvalue weighted by Crippen LogP contribution is -2.15. The normalized spacial score (nSPS) is 12.9. The molecule has 1 atom stereocenters. The van der Waals surface area contributed by atoms with E-state index in [1.165, 1.54) is 0 Å². The molecule has 0 amide bonds. The van der Waals surface area contributed by atoms with Crippen molar-refractivity contribution in [2.45, 2.75) is 39.3 Å². The Bertz CT molecular complexity index is 986. The lowest BCUT2D eigenvalue weighted by atomic mass is 10.0. The summed E-state index contributed by atoms with van der Waals surface area (Å²) in [5.41, 5.74) is 11.7. The van der Waals surface area contributed by atoms with Gasteiger partial charge in [0.05, 0.1) is 40.1 Å². The summed E-state index contributed by atoms with van der Waals surface area (Å²) in [6.45, 7) is 6.17. The molecule has 0 aliphatic rings. The quantitative estimate of drug-likeness (QED) is 0.614. The standard InChI is InChI=1S/C21H26ClFN4O/c1-12(2)17-6-5-15(18(9-24)25-17)21-16(22)7-19-20(26-21)13(3)10-27(19)14(8-23)11-28-4/h5-7,10,12,14H,8-9,11,24H2,1-4H3/t14-/m0/s1. The number of ether oxygens (including phenoxy) is 1. The van der Waals surface area contributed by atoms with E-state index in [1.807, 2.05) is 35.9 Å². The van der Waals surface area contributed by atoms with E-state index in [0.29, 0.717) is 23.2 Å². The van der Waals surface area contributed by atoms with E-state index >= 15 is 0 Å². The highest BCUT2D eigenvalue weighted by molar-refractivity contribution is 6.33. The zero-order valence-electron chi connectivity index (χ0n) is 16.7. The Hall–Kier alpha value is -2.02. The van der Waals surface area contributed by atoms with E-state index in [1.54, 1.807) is 7.11 Å². The molecule has 0 bridgehead atoms. The zero-order chi connectivity index (χ0) is 20.4. The first-order chi connectivity index (χ1) is 13.4. The molecule has 0 aromatic carbocycles. The van der Waals surface area contributed by atoms with Crippen LogP contribution in [0.1, 0.15) is 42.8 Å². The Kier molecular flexibility index (Phi) is 6.33. The molecule has 3 rings (SSSR count). The fourth-order valence-corrected chi connectivity index (χ4v) is 3.65. The molecule has 0 aliphatic heterocycles. The molecule has 0 saturated carbocycles. The van der Waals surface area contributed by atoms with Crippen molar-refractivity contribution in [3.63, 3.8) is 0 Å². The molecule has 0 saturated heterocycles. The van der Waals surface area contributed by atoms with Crippen LogP contribution in [-0.4, -0.2) is 34.9 Å².